The summed E-state index contributed by atoms with van der Waals surface area (Å²) >= 11 is 0. The number of benzene rings is 1. The highest BCUT2D eigenvalue weighted by Crippen LogP contribution is 2.21. The van der Waals surface area contributed by atoms with E-state index in [1.165, 1.54) is 24.3 Å². The SMILES string of the molecule is O=C(COC(=O)c1ccccc1OC(F)F)NC(=O)NC1CCCCC1. The highest BCUT2D eigenvalue weighted by molar-refractivity contribution is 5.97. The van der Waals surface area contributed by atoms with E-state index in [1.807, 2.05) is 0 Å². The summed E-state index contributed by atoms with van der Waals surface area (Å²) in [6.07, 6.45) is 4.90. The highest BCUT2D eigenvalue weighted by atomic mass is 19.3. The molecule has 0 unspecified atom stereocenters. The van der Waals surface area contributed by atoms with Gasteiger partial charge in [-0.3, -0.25) is 10.1 Å². The second-order valence-corrected chi connectivity index (χ2v) is 5.81. The van der Waals surface area contributed by atoms with Crippen LogP contribution in [0.1, 0.15) is 42.5 Å². The van der Waals surface area contributed by atoms with Crippen LogP contribution in [0.25, 0.3) is 0 Å². The molecule has 1 aliphatic rings. The first-order chi connectivity index (χ1) is 12.5. The molecular formula is C17H20F2N2O5. The Morgan fingerprint density at radius 3 is 2.50 bits per heavy atom. The van der Waals surface area contributed by atoms with E-state index in [9.17, 15) is 23.2 Å². The fourth-order valence-corrected chi connectivity index (χ4v) is 2.67. The molecule has 9 heteroatoms. The zero-order chi connectivity index (χ0) is 18.9. The Labute approximate surface area is 149 Å². The van der Waals surface area contributed by atoms with Crippen molar-refractivity contribution in [3.05, 3.63) is 29.8 Å². The monoisotopic (exact) mass is 370 g/mol. The van der Waals surface area contributed by atoms with Gasteiger partial charge in [0.1, 0.15) is 11.3 Å². The molecule has 1 aliphatic carbocycles. The topological polar surface area (TPSA) is 93.7 Å². The van der Waals surface area contributed by atoms with Crippen molar-refractivity contribution in [2.45, 2.75) is 44.8 Å². The van der Waals surface area contributed by atoms with Gasteiger partial charge >= 0.3 is 18.6 Å². The van der Waals surface area contributed by atoms with Gasteiger partial charge in [-0.2, -0.15) is 8.78 Å². The Bertz CT molecular complexity index is 648. The molecule has 0 atom stereocenters. The van der Waals surface area contributed by atoms with E-state index in [1.54, 1.807) is 0 Å². The average molecular weight is 370 g/mol. The molecule has 0 spiro atoms. The minimum absolute atomic E-state index is 0.0254. The number of carbonyl (C=O) groups excluding carboxylic acids is 3. The number of rotatable bonds is 6. The Balaban J connectivity index is 1.79. The van der Waals surface area contributed by atoms with Crippen LogP contribution in [0, 0.1) is 0 Å². The zero-order valence-corrected chi connectivity index (χ0v) is 14.0. The van der Waals surface area contributed by atoms with Crippen LogP contribution in [0.15, 0.2) is 24.3 Å². The third-order valence-corrected chi connectivity index (χ3v) is 3.85. The molecule has 2 rings (SSSR count). The van der Waals surface area contributed by atoms with E-state index in [2.05, 4.69) is 15.4 Å². The molecule has 1 aromatic rings. The molecule has 0 radical (unpaired) electrons. The van der Waals surface area contributed by atoms with Crippen molar-refractivity contribution in [3.63, 3.8) is 0 Å². The molecule has 1 saturated carbocycles. The number of carbonyl (C=O) groups is 3. The molecule has 1 aromatic carbocycles. The van der Waals surface area contributed by atoms with Crippen LogP contribution in [-0.4, -0.2) is 37.2 Å². The van der Waals surface area contributed by atoms with E-state index in [-0.39, 0.29) is 17.4 Å². The van der Waals surface area contributed by atoms with Crippen LogP contribution in [0.5, 0.6) is 5.75 Å². The van der Waals surface area contributed by atoms with Gasteiger partial charge in [-0.15, -0.1) is 0 Å². The number of ether oxygens (including phenoxy) is 2. The summed E-state index contributed by atoms with van der Waals surface area (Å²) in [5.41, 5.74) is -0.243. The molecule has 26 heavy (non-hydrogen) atoms. The predicted molar refractivity (Wildman–Crippen MR) is 86.9 cm³/mol. The number of urea groups is 1. The van der Waals surface area contributed by atoms with Crippen molar-refractivity contribution in [1.29, 1.82) is 0 Å². The third-order valence-electron chi connectivity index (χ3n) is 3.85. The van der Waals surface area contributed by atoms with Crippen molar-refractivity contribution in [2.24, 2.45) is 0 Å². The zero-order valence-electron chi connectivity index (χ0n) is 14.0. The van der Waals surface area contributed by atoms with Gasteiger partial charge < -0.3 is 14.8 Å². The Hall–Kier alpha value is -2.71. The van der Waals surface area contributed by atoms with Crippen molar-refractivity contribution >= 4 is 17.9 Å². The maximum Gasteiger partial charge on any atom is 0.387 e. The second kappa shape index (κ2) is 9.69. The lowest BCUT2D eigenvalue weighted by Gasteiger charge is -2.22. The molecule has 2 N–H and O–H groups in total. The first-order valence-corrected chi connectivity index (χ1v) is 8.27. The van der Waals surface area contributed by atoms with Crippen molar-refractivity contribution < 1.29 is 32.6 Å². The number of nitrogens with one attached hydrogen (secondary N) is 2. The number of alkyl halides is 2. The van der Waals surface area contributed by atoms with E-state index in [0.717, 1.165) is 32.1 Å². The van der Waals surface area contributed by atoms with Gasteiger partial charge in [-0.05, 0) is 25.0 Å². The summed E-state index contributed by atoms with van der Waals surface area (Å²) in [5, 5.41) is 4.75. The van der Waals surface area contributed by atoms with Crippen molar-refractivity contribution in [3.8, 4) is 5.75 Å². The number of amides is 3. The minimum atomic E-state index is -3.10. The van der Waals surface area contributed by atoms with Crippen LogP contribution in [0.3, 0.4) is 0 Å². The highest BCUT2D eigenvalue weighted by Gasteiger charge is 2.20. The lowest BCUT2D eigenvalue weighted by atomic mass is 9.96. The number of hydrogen-bond donors (Lipinski definition) is 2. The number of hydrogen-bond acceptors (Lipinski definition) is 5. The molecule has 7 nitrogen and oxygen atoms in total. The Kier molecular flexibility index (Phi) is 7.31. The second-order valence-electron chi connectivity index (χ2n) is 5.81. The molecule has 3 amide bonds. The molecule has 1 fully saturated rings. The summed E-state index contributed by atoms with van der Waals surface area (Å²) in [5.74, 6) is -2.19. The van der Waals surface area contributed by atoms with Crippen LogP contribution >= 0.6 is 0 Å². The van der Waals surface area contributed by atoms with Gasteiger partial charge in [0.25, 0.3) is 5.91 Å². The predicted octanol–water partition coefficient (Wildman–Crippen LogP) is 2.60. The fraction of sp³-hybridized carbons (Fsp3) is 0.471. The lowest BCUT2D eigenvalue weighted by molar-refractivity contribution is -0.123. The molecule has 0 aromatic heterocycles. The van der Waals surface area contributed by atoms with Gasteiger partial charge in [-0.1, -0.05) is 31.4 Å². The summed E-state index contributed by atoms with van der Waals surface area (Å²) in [7, 11) is 0. The number of esters is 1. The van der Waals surface area contributed by atoms with Gasteiger partial charge in [-0.25, -0.2) is 9.59 Å². The molecule has 0 aliphatic heterocycles. The smallest absolute Gasteiger partial charge is 0.387 e. The minimum Gasteiger partial charge on any atom is -0.452 e. The van der Waals surface area contributed by atoms with Crippen LogP contribution in [-0.2, 0) is 9.53 Å². The number of para-hydroxylation sites is 1. The lowest BCUT2D eigenvalue weighted by Crippen LogP contribution is -2.46. The fourth-order valence-electron chi connectivity index (χ4n) is 2.67. The van der Waals surface area contributed by atoms with E-state index >= 15 is 0 Å². The van der Waals surface area contributed by atoms with Gasteiger partial charge in [0, 0.05) is 6.04 Å². The molecule has 142 valence electrons. The van der Waals surface area contributed by atoms with E-state index in [0.29, 0.717) is 0 Å². The van der Waals surface area contributed by atoms with Crippen LogP contribution in [0.4, 0.5) is 13.6 Å². The number of imide groups is 1. The van der Waals surface area contributed by atoms with E-state index in [4.69, 9.17) is 4.74 Å². The number of halogens is 2. The quantitative estimate of drug-likeness (QED) is 0.751. The molecule has 0 heterocycles. The van der Waals surface area contributed by atoms with Gasteiger partial charge in [0.15, 0.2) is 6.61 Å². The summed E-state index contributed by atoms with van der Waals surface area (Å²) in [6, 6.07) is 4.63. The molecule has 0 bridgehead atoms. The summed E-state index contributed by atoms with van der Waals surface area (Å²) in [6.45, 7) is -3.82. The van der Waals surface area contributed by atoms with Crippen LogP contribution in [0.2, 0.25) is 0 Å². The first-order valence-electron chi connectivity index (χ1n) is 8.27. The average Bonchev–Trinajstić information content (AvgIpc) is 2.60. The summed E-state index contributed by atoms with van der Waals surface area (Å²) < 4.78 is 33.6. The maximum atomic E-state index is 12.3. The first kappa shape index (κ1) is 19.6. The molecular weight excluding hydrogens is 350 g/mol. The maximum absolute atomic E-state index is 12.3. The Morgan fingerprint density at radius 2 is 1.81 bits per heavy atom. The van der Waals surface area contributed by atoms with Crippen molar-refractivity contribution in [2.75, 3.05) is 6.61 Å². The van der Waals surface area contributed by atoms with Gasteiger partial charge in [0.05, 0.1) is 0 Å². The van der Waals surface area contributed by atoms with E-state index < -0.39 is 31.1 Å². The van der Waals surface area contributed by atoms with Crippen LogP contribution < -0.4 is 15.4 Å². The normalized spacial score (nSPS) is 14.6. The third kappa shape index (κ3) is 6.30. The largest absolute Gasteiger partial charge is 0.452 e. The Morgan fingerprint density at radius 1 is 1.12 bits per heavy atom. The van der Waals surface area contributed by atoms with Crippen molar-refractivity contribution in [1.82, 2.24) is 10.6 Å². The standard InChI is InChI=1S/C17H20F2N2O5/c18-16(19)26-13-9-5-4-8-12(13)15(23)25-10-14(22)21-17(24)20-11-6-2-1-3-7-11/h4-5,8-9,11,16H,1-3,6-7,10H2,(H2,20,21,22,24). The van der Waals surface area contributed by atoms with Gasteiger partial charge in [0.2, 0.25) is 0 Å². The molecule has 0 saturated heterocycles. The summed E-state index contributed by atoms with van der Waals surface area (Å²) in [4.78, 5) is 35.3.